The Kier molecular flexibility index (Phi) is 12.3. The maximum absolute atomic E-state index is 15.4. The summed E-state index contributed by atoms with van der Waals surface area (Å²) >= 11 is 0. The van der Waals surface area contributed by atoms with Gasteiger partial charge < -0.3 is 4.90 Å². The molecule has 4 aromatic rings. The van der Waals surface area contributed by atoms with Crippen molar-refractivity contribution in [3.8, 4) is 0 Å². The molecule has 1 nitrogen and oxygen atoms in total. The summed E-state index contributed by atoms with van der Waals surface area (Å²) in [4.78, 5) is 1.68. The minimum Gasteiger partial charge on any atom is -0.336 e. The number of rotatable bonds is 7. The van der Waals surface area contributed by atoms with Gasteiger partial charge in [-0.15, -0.1) is 21.9 Å². The molecule has 0 amide bonds. The van der Waals surface area contributed by atoms with Crippen molar-refractivity contribution in [2.45, 2.75) is 20.8 Å². The molecule has 0 aromatic heterocycles. The van der Waals surface area contributed by atoms with Crippen molar-refractivity contribution in [1.82, 2.24) is 0 Å². The standard InChI is InChI=1S/C24BF20.C6H15N/c26-5-1(6(27)14(35)21(42)13(5)34)25(2-7(28)15(36)22(43)16(37)8(2)29,3-9(30)17(38)23(44)18(39)10(3)31)4-11(32)19(40)24(45)20(41)12(4)33;1-4-7(5-2)6-3/h;4-6H2,1-3H3/q-1;/p+1. The molecule has 0 spiro atoms. The van der Waals surface area contributed by atoms with Crippen LogP contribution >= 0.6 is 0 Å². The molecule has 4 aromatic carbocycles. The fourth-order valence-corrected chi connectivity index (χ4v) is 5.62. The van der Waals surface area contributed by atoms with Crippen LogP contribution in [0, 0.1) is 116 Å². The lowest BCUT2D eigenvalue weighted by Crippen LogP contribution is -3.11. The van der Waals surface area contributed by atoms with Gasteiger partial charge in [0.2, 0.25) is 0 Å². The topological polar surface area (TPSA) is 4.44 Å². The van der Waals surface area contributed by atoms with E-state index in [1.165, 1.54) is 19.6 Å². The molecule has 0 radical (unpaired) electrons. The summed E-state index contributed by atoms with van der Waals surface area (Å²) in [5.74, 6) is -71.4. The van der Waals surface area contributed by atoms with Crippen LogP contribution in [0.15, 0.2) is 0 Å². The third-order valence-corrected chi connectivity index (χ3v) is 8.21. The average molecular weight is 781 g/mol. The van der Waals surface area contributed by atoms with E-state index in [1.54, 1.807) is 4.90 Å². The maximum atomic E-state index is 15.4. The minimum atomic E-state index is -7.22. The molecule has 0 saturated carbocycles. The summed E-state index contributed by atoms with van der Waals surface area (Å²) in [6.45, 7) is 10.5. The predicted octanol–water partition coefficient (Wildman–Crippen LogP) is 5.78. The molecule has 52 heavy (non-hydrogen) atoms. The van der Waals surface area contributed by atoms with Crippen LogP contribution in [0.4, 0.5) is 87.8 Å². The predicted molar refractivity (Wildman–Crippen MR) is 142 cm³/mol. The normalized spacial score (nSPS) is 11.8. The molecule has 4 rings (SSSR count). The highest BCUT2D eigenvalue weighted by atomic mass is 19.2. The Labute approximate surface area is 278 Å². The Morgan fingerprint density at radius 1 is 0.250 bits per heavy atom. The minimum absolute atomic E-state index is 1.27. The number of halogens is 20. The van der Waals surface area contributed by atoms with Gasteiger partial charge in [0, 0.05) is 0 Å². The van der Waals surface area contributed by atoms with Gasteiger partial charge in [-0.25, -0.2) is 87.8 Å². The first kappa shape index (κ1) is 41.9. The largest absolute Gasteiger partial charge is 0.336 e. The second-order valence-corrected chi connectivity index (χ2v) is 10.6. The van der Waals surface area contributed by atoms with Crippen LogP contribution in [-0.2, 0) is 0 Å². The first-order valence-electron chi connectivity index (χ1n) is 14.1. The molecular formula is C30H16BF20N. The summed E-state index contributed by atoms with van der Waals surface area (Å²) in [5, 5.41) is 0. The number of quaternary nitrogens is 1. The van der Waals surface area contributed by atoms with Gasteiger partial charge in [0.15, 0.2) is 69.8 Å². The second-order valence-electron chi connectivity index (χ2n) is 10.6. The lowest BCUT2D eigenvalue weighted by Gasteiger charge is -2.44. The second kappa shape index (κ2) is 15.2. The maximum Gasteiger partial charge on any atom is 0.200 e. The van der Waals surface area contributed by atoms with E-state index < -0.39 is 144 Å². The van der Waals surface area contributed by atoms with Crippen molar-refractivity contribution >= 4 is 28.0 Å². The molecular weight excluding hydrogens is 765 g/mol. The molecule has 0 fully saturated rings. The summed E-state index contributed by atoms with van der Waals surface area (Å²) < 4.78 is 294. The zero-order chi connectivity index (χ0) is 40.1. The van der Waals surface area contributed by atoms with Gasteiger partial charge in [0.05, 0.1) is 19.6 Å². The summed E-state index contributed by atoms with van der Waals surface area (Å²) in [6, 6.07) is 0. The number of benzene rings is 4. The molecule has 0 atom stereocenters. The Balaban J connectivity index is 0.000000944. The Morgan fingerprint density at radius 2 is 0.365 bits per heavy atom. The van der Waals surface area contributed by atoms with Gasteiger partial charge in [0.25, 0.3) is 0 Å². The van der Waals surface area contributed by atoms with E-state index in [1.807, 2.05) is 0 Å². The Hall–Kier alpha value is -4.50. The van der Waals surface area contributed by atoms with Crippen LogP contribution in [0.2, 0.25) is 0 Å². The van der Waals surface area contributed by atoms with Crippen molar-refractivity contribution in [2.24, 2.45) is 0 Å². The van der Waals surface area contributed by atoms with Crippen molar-refractivity contribution < 1.29 is 92.7 Å². The van der Waals surface area contributed by atoms with Gasteiger partial charge in [-0.3, -0.25) is 0 Å². The highest BCUT2D eigenvalue weighted by Crippen LogP contribution is 2.30. The number of nitrogens with one attached hydrogen (secondary N) is 1. The van der Waals surface area contributed by atoms with Crippen LogP contribution < -0.4 is 26.8 Å². The molecule has 0 bridgehead atoms. The third kappa shape index (κ3) is 6.11. The quantitative estimate of drug-likeness (QED) is 0.105. The third-order valence-electron chi connectivity index (χ3n) is 8.21. The summed E-state index contributed by atoms with van der Waals surface area (Å²) in [7, 11) is 0. The lowest BCUT2D eigenvalue weighted by molar-refractivity contribution is -0.894. The molecule has 0 unspecified atom stereocenters. The molecule has 0 saturated heterocycles. The van der Waals surface area contributed by atoms with Gasteiger partial charge in [-0.05, 0) is 20.8 Å². The van der Waals surface area contributed by atoms with E-state index in [2.05, 4.69) is 20.8 Å². The van der Waals surface area contributed by atoms with Crippen molar-refractivity contribution in [2.75, 3.05) is 19.6 Å². The molecule has 22 heteroatoms. The van der Waals surface area contributed by atoms with E-state index in [-0.39, 0.29) is 0 Å². The highest BCUT2D eigenvalue weighted by Gasteiger charge is 2.52. The molecule has 0 aliphatic heterocycles. The van der Waals surface area contributed by atoms with Gasteiger partial charge >= 0.3 is 0 Å². The number of hydrogen-bond acceptors (Lipinski definition) is 0. The van der Waals surface area contributed by atoms with Gasteiger partial charge in [-0.1, -0.05) is 0 Å². The van der Waals surface area contributed by atoms with Crippen LogP contribution in [0.1, 0.15) is 20.8 Å². The van der Waals surface area contributed by atoms with Crippen LogP contribution in [0.5, 0.6) is 0 Å². The Bertz CT molecular complexity index is 1670. The highest BCUT2D eigenvalue weighted by molar-refractivity contribution is 7.20. The molecule has 0 heterocycles. The van der Waals surface area contributed by atoms with E-state index in [0.717, 1.165) is 0 Å². The molecule has 1 N–H and O–H groups in total. The van der Waals surface area contributed by atoms with Crippen molar-refractivity contribution in [3.63, 3.8) is 0 Å². The molecule has 0 aliphatic carbocycles. The van der Waals surface area contributed by atoms with Crippen LogP contribution in [-0.4, -0.2) is 25.8 Å². The zero-order valence-corrected chi connectivity index (χ0v) is 25.8. The van der Waals surface area contributed by atoms with Crippen LogP contribution in [0.3, 0.4) is 0 Å². The fourth-order valence-electron chi connectivity index (χ4n) is 5.62. The van der Waals surface area contributed by atoms with Gasteiger partial charge in [-0.2, -0.15) is 0 Å². The molecule has 284 valence electrons. The summed E-state index contributed by atoms with van der Waals surface area (Å²) in [6.07, 6.45) is -7.22. The van der Waals surface area contributed by atoms with E-state index in [4.69, 9.17) is 0 Å². The van der Waals surface area contributed by atoms with Gasteiger partial charge in [0.1, 0.15) is 52.7 Å². The summed E-state index contributed by atoms with van der Waals surface area (Å²) in [5.41, 5.74) is -14.3. The first-order valence-corrected chi connectivity index (χ1v) is 14.1. The monoisotopic (exact) mass is 781 g/mol. The lowest BCUT2D eigenvalue weighted by atomic mass is 9.12. The van der Waals surface area contributed by atoms with Crippen molar-refractivity contribution in [3.05, 3.63) is 116 Å². The Morgan fingerprint density at radius 3 is 0.462 bits per heavy atom. The smallest absolute Gasteiger partial charge is 0.200 e. The molecule has 0 aliphatic rings. The average Bonchev–Trinajstić information content (AvgIpc) is 3.12. The zero-order valence-electron chi connectivity index (χ0n) is 25.8. The first-order chi connectivity index (χ1) is 24.0. The van der Waals surface area contributed by atoms with E-state index >= 15 is 35.1 Å². The van der Waals surface area contributed by atoms with Crippen molar-refractivity contribution in [1.29, 1.82) is 0 Å². The van der Waals surface area contributed by atoms with Crippen LogP contribution in [0.25, 0.3) is 0 Å². The SMILES string of the molecule is CC[NH+](CC)CC.Fc1c(F)c(F)c([B-](c2c(F)c(F)c(F)c(F)c2F)(c2c(F)c(F)c(F)c(F)c2F)c2c(F)c(F)c(F)c(F)c2F)c(F)c1F. The number of hydrogen-bond donors (Lipinski definition) is 1. The van der Waals surface area contributed by atoms with E-state index in [9.17, 15) is 52.7 Å². The van der Waals surface area contributed by atoms with E-state index in [0.29, 0.717) is 0 Å². The fraction of sp³-hybridized carbons (Fsp3) is 0.200.